The van der Waals surface area contributed by atoms with Crippen LogP contribution in [0.1, 0.15) is 17.0 Å². The van der Waals surface area contributed by atoms with Crippen LogP contribution in [-0.4, -0.2) is 16.5 Å². The zero-order valence-electron chi connectivity index (χ0n) is 11.7. The Hall–Kier alpha value is -1.75. The highest BCUT2D eigenvalue weighted by Crippen LogP contribution is 2.34. The summed E-state index contributed by atoms with van der Waals surface area (Å²) in [7, 11) is 0. The molecule has 1 N–H and O–H groups in total. The van der Waals surface area contributed by atoms with Crippen LogP contribution in [0.15, 0.2) is 42.6 Å². The van der Waals surface area contributed by atoms with E-state index in [2.05, 4.69) is 4.98 Å². The van der Waals surface area contributed by atoms with Crippen LogP contribution in [0.3, 0.4) is 0 Å². The molecule has 3 rings (SSSR count). The van der Waals surface area contributed by atoms with Crippen molar-refractivity contribution in [3.05, 3.63) is 78.9 Å². The lowest BCUT2D eigenvalue weighted by molar-refractivity contribution is -0.481. The molecule has 0 aliphatic rings. The highest BCUT2D eigenvalue weighted by atomic mass is 35.5. The largest absolute Gasteiger partial charge is 0.361 e. The van der Waals surface area contributed by atoms with Crippen LogP contribution < -0.4 is 0 Å². The standard InChI is InChI=1S/C16H11Cl3N2O2/c17-10-2-3-11-12(7-20-16(11)6-10)13(8-21(22)23)9-1-4-14(18)15(19)5-9/h1-7,13,20H,8H2. The minimum Gasteiger partial charge on any atom is -0.361 e. The zero-order chi connectivity index (χ0) is 16.6. The lowest BCUT2D eigenvalue weighted by Gasteiger charge is -2.14. The lowest BCUT2D eigenvalue weighted by Crippen LogP contribution is -2.13. The van der Waals surface area contributed by atoms with E-state index in [0.29, 0.717) is 15.1 Å². The van der Waals surface area contributed by atoms with E-state index in [9.17, 15) is 10.1 Å². The maximum Gasteiger partial charge on any atom is 0.214 e. The first-order valence-corrected chi connectivity index (χ1v) is 7.92. The Morgan fingerprint density at radius 3 is 2.57 bits per heavy atom. The van der Waals surface area contributed by atoms with Gasteiger partial charge in [0.1, 0.15) is 0 Å². The molecule has 1 aromatic heterocycles. The average Bonchev–Trinajstić information content (AvgIpc) is 2.90. The van der Waals surface area contributed by atoms with Crippen molar-refractivity contribution in [2.75, 3.05) is 6.54 Å². The average molecular weight is 370 g/mol. The highest BCUT2D eigenvalue weighted by Gasteiger charge is 2.24. The topological polar surface area (TPSA) is 58.9 Å². The van der Waals surface area contributed by atoms with Gasteiger partial charge in [-0.15, -0.1) is 0 Å². The van der Waals surface area contributed by atoms with Gasteiger partial charge in [0.05, 0.1) is 16.0 Å². The number of aromatic amines is 1. The molecule has 0 radical (unpaired) electrons. The molecule has 0 spiro atoms. The number of H-pyrrole nitrogens is 1. The summed E-state index contributed by atoms with van der Waals surface area (Å²) in [5.74, 6) is -0.435. The van der Waals surface area contributed by atoms with E-state index >= 15 is 0 Å². The van der Waals surface area contributed by atoms with Crippen LogP contribution in [0.5, 0.6) is 0 Å². The van der Waals surface area contributed by atoms with Crippen molar-refractivity contribution in [1.29, 1.82) is 0 Å². The normalized spacial score (nSPS) is 12.5. The summed E-state index contributed by atoms with van der Waals surface area (Å²) in [4.78, 5) is 13.9. The molecule has 0 bridgehead atoms. The highest BCUT2D eigenvalue weighted by molar-refractivity contribution is 6.42. The molecule has 118 valence electrons. The second-order valence-corrected chi connectivity index (χ2v) is 6.43. The van der Waals surface area contributed by atoms with Gasteiger partial charge in [-0.1, -0.05) is 46.9 Å². The Balaban J connectivity index is 2.14. The van der Waals surface area contributed by atoms with Gasteiger partial charge in [0.2, 0.25) is 6.54 Å². The molecule has 0 aliphatic carbocycles. The van der Waals surface area contributed by atoms with Crippen LogP contribution in [0.2, 0.25) is 15.1 Å². The molecule has 23 heavy (non-hydrogen) atoms. The van der Waals surface area contributed by atoms with Gasteiger partial charge in [0, 0.05) is 27.0 Å². The monoisotopic (exact) mass is 368 g/mol. The summed E-state index contributed by atoms with van der Waals surface area (Å²) in [6, 6.07) is 10.5. The van der Waals surface area contributed by atoms with E-state index in [0.717, 1.165) is 22.0 Å². The molecular formula is C16H11Cl3N2O2. The van der Waals surface area contributed by atoms with Gasteiger partial charge in [0.25, 0.3) is 0 Å². The number of nitrogens with zero attached hydrogens (tertiary/aromatic N) is 1. The molecule has 0 saturated carbocycles. The molecule has 4 nitrogen and oxygen atoms in total. The van der Waals surface area contributed by atoms with Gasteiger partial charge in [0.15, 0.2) is 0 Å². The Morgan fingerprint density at radius 1 is 1.09 bits per heavy atom. The third-order valence-corrected chi connectivity index (χ3v) is 4.70. The number of aromatic nitrogens is 1. The molecule has 1 heterocycles. The third-order valence-electron chi connectivity index (χ3n) is 3.73. The van der Waals surface area contributed by atoms with E-state index in [1.54, 1.807) is 36.5 Å². The molecule has 0 amide bonds. The first-order chi connectivity index (χ1) is 11.0. The van der Waals surface area contributed by atoms with Crippen LogP contribution in [0, 0.1) is 10.1 Å². The van der Waals surface area contributed by atoms with E-state index < -0.39 is 5.92 Å². The van der Waals surface area contributed by atoms with E-state index in [1.165, 1.54) is 0 Å². The fraction of sp³-hybridized carbons (Fsp3) is 0.125. The second-order valence-electron chi connectivity index (χ2n) is 5.18. The van der Waals surface area contributed by atoms with Gasteiger partial charge in [-0.05, 0) is 35.4 Å². The summed E-state index contributed by atoms with van der Waals surface area (Å²) in [5, 5.41) is 13.4. The predicted octanol–water partition coefficient (Wildman–Crippen LogP) is 5.54. The molecular weight excluding hydrogens is 359 g/mol. The van der Waals surface area contributed by atoms with Crippen LogP contribution in [-0.2, 0) is 0 Å². The molecule has 7 heteroatoms. The molecule has 0 fully saturated rings. The van der Waals surface area contributed by atoms with E-state index in [1.807, 2.05) is 6.07 Å². The van der Waals surface area contributed by atoms with Crippen LogP contribution >= 0.6 is 34.8 Å². The van der Waals surface area contributed by atoms with Crippen molar-refractivity contribution in [3.8, 4) is 0 Å². The SMILES string of the molecule is O=[N+]([O-])CC(c1ccc(Cl)c(Cl)c1)c1c[nH]c2cc(Cl)ccc12. The summed E-state index contributed by atoms with van der Waals surface area (Å²) in [6.07, 6.45) is 1.78. The summed E-state index contributed by atoms with van der Waals surface area (Å²) < 4.78 is 0. The van der Waals surface area contributed by atoms with Crippen molar-refractivity contribution in [2.24, 2.45) is 0 Å². The molecule has 0 saturated heterocycles. The van der Waals surface area contributed by atoms with Gasteiger partial charge in [-0.2, -0.15) is 0 Å². The molecule has 1 atom stereocenters. The van der Waals surface area contributed by atoms with Crippen LogP contribution in [0.4, 0.5) is 0 Å². The number of nitrogens with one attached hydrogen (secondary N) is 1. The second kappa shape index (κ2) is 6.40. The Kier molecular flexibility index (Phi) is 4.48. The van der Waals surface area contributed by atoms with Crippen molar-refractivity contribution in [2.45, 2.75) is 5.92 Å². The number of nitro groups is 1. The van der Waals surface area contributed by atoms with E-state index in [-0.39, 0.29) is 11.5 Å². The number of hydrogen-bond donors (Lipinski definition) is 1. The molecule has 0 aliphatic heterocycles. The number of benzene rings is 2. The first-order valence-electron chi connectivity index (χ1n) is 6.79. The summed E-state index contributed by atoms with van der Waals surface area (Å²) in [5.41, 5.74) is 2.40. The Morgan fingerprint density at radius 2 is 1.87 bits per heavy atom. The number of fused-ring (bicyclic) bond motifs is 1. The van der Waals surface area contributed by atoms with E-state index in [4.69, 9.17) is 34.8 Å². The van der Waals surface area contributed by atoms with Gasteiger partial charge in [-0.25, -0.2) is 0 Å². The maximum absolute atomic E-state index is 11.1. The summed E-state index contributed by atoms with van der Waals surface area (Å²) >= 11 is 18.0. The maximum atomic E-state index is 11.1. The van der Waals surface area contributed by atoms with Crippen molar-refractivity contribution >= 4 is 45.7 Å². The summed E-state index contributed by atoms with van der Waals surface area (Å²) in [6.45, 7) is -0.243. The number of hydrogen-bond acceptors (Lipinski definition) is 2. The fourth-order valence-corrected chi connectivity index (χ4v) is 3.15. The molecule has 2 aromatic carbocycles. The minimum absolute atomic E-state index is 0.243. The Bertz CT molecular complexity index is 892. The van der Waals surface area contributed by atoms with Crippen molar-refractivity contribution in [3.63, 3.8) is 0 Å². The van der Waals surface area contributed by atoms with Gasteiger partial charge >= 0.3 is 0 Å². The number of rotatable bonds is 4. The number of halogens is 3. The van der Waals surface area contributed by atoms with Crippen molar-refractivity contribution in [1.82, 2.24) is 4.98 Å². The third kappa shape index (κ3) is 3.29. The van der Waals surface area contributed by atoms with Gasteiger partial charge < -0.3 is 4.98 Å². The fourth-order valence-electron chi connectivity index (χ4n) is 2.67. The smallest absolute Gasteiger partial charge is 0.214 e. The quantitative estimate of drug-likeness (QED) is 0.485. The molecule has 3 aromatic rings. The first kappa shape index (κ1) is 16.1. The Labute approximate surface area is 147 Å². The molecule has 1 unspecified atom stereocenters. The zero-order valence-corrected chi connectivity index (χ0v) is 14.0. The predicted molar refractivity (Wildman–Crippen MR) is 93.5 cm³/mol. The van der Waals surface area contributed by atoms with Crippen LogP contribution in [0.25, 0.3) is 10.9 Å². The minimum atomic E-state index is -0.435. The lowest BCUT2D eigenvalue weighted by atomic mass is 9.91. The van der Waals surface area contributed by atoms with Gasteiger partial charge in [-0.3, -0.25) is 10.1 Å². The van der Waals surface area contributed by atoms with Crippen molar-refractivity contribution < 1.29 is 4.92 Å².